The Morgan fingerprint density at radius 3 is 2.79 bits per heavy atom. The van der Waals surface area contributed by atoms with Gasteiger partial charge in [-0.05, 0) is 23.6 Å². The molecule has 0 saturated heterocycles. The highest BCUT2D eigenvalue weighted by atomic mass is 16.5. The normalized spacial score (nSPS) is 10.7. The summed E-state index contributed by atoms with van der Waals surface area (Å²) in [5.74, 6) is -1.55. The van der Waals surface area contributed by atoms with E-state index in [1.807, 2.05) is 0 Å². The van der Waals surface area contributed by atoms with E-state index in [0.717, 1.165) is 0 Å². The van der Waals surface area contributed by atoms with Crippen molar-refractivity contribution in [2.45, 2.75) is 6.54 Å². The molecule has 0 aliphatic rings. The van der Waals surface area contributed by atoms with Gasteiger partial charge in [-0.2, -0.15) is 4.98 Å². The molecule has 0 atom stereocenters. The van der Waals surface area contributed by atoms with Crippen LogP contribution in [0.5, 0.6) is 0 Å². The second-order valence-electron chi connectivity index (χ2n) is 4.92. The molecule has 24 heavy (non-hydrogen) atoms. The maximum absolute atomic E-state index is 12.6. The van der Waals surface area contributed by atoms with Crippen molar-refractivity contribution < 1.29 is 18.8 Å². The highest BCUT2D eigenvalue weighted by Crippen LogP contribution is 2.13. The number of primary amides is 1. The van der Waals surface area contributed by atoms with Crippen LogP contribution in [0.15, 0.2) is 39.8 Å². The lowest BCUT2D eigenvalue weighted by atomic mass is 10.1. The highest BCUT2D eigenvalue weighted by Gasteiger charge is 2.13. The third-order valence-corrected chi connectivity index (χ3v) is 3.39. The van der Waals surface area contributed by atoms with E-state index in [-0.39, 0.29) is 29.4 Å². The number of hydrogen-bond donors (Lipinski definition) is 1. The van der Waals surface area contributed by atoms with Gasteiger partial charge in [-0.15, -0.1) is 0 Å². The molecule has 3 aromatic rings. The largest absolute Gasteiger partial charge is 0.465 e. The van der Waals surface area contributed by atoms with Crippen molar-refractivity contribution >= 4 is 22.6 Å². The van der Waals surface area contributed by atoms with Crippen LogP contribution in [0.3, 0.4) is 0 Å². The first kappa shape index (κ1) is 15.4. The van der Waals surface area contributed by atoms with Crippen molar-refractivity contribution in [1.82, 2.24) is 14.7 Å². The number of nitrogens with two attached hydrogens (primary N) is 1. The maximum atomic E-state index is 12.6. The number of methoxy groups -OCH3 is 1. The van der Waals surface area contributed by atoms with Gasteiger partial charge >= 0.3 is 5.97 Å². The van der Waals surface area contributed by atoms with Crippen molar-refractivity contribution in [2.24, 2.45) is 5.73 Å². The minimum atomic E-state index is -0.821. The van der Waals surface area contributed by atoms with E-state index in [4.69, 9.17) is 10.3 Å². The Hall–Kier alpha value is -3.49. The van der Waals surface area contributed by atoms with Gasteiger partial charge < -0.3 is 19.6 Å². The summed E-state index contributed by atoms with van der Waals surface area (Å²) in [7, 11) is 1.27. The second-order valence-corrected chi connectivity index (χ2v) is 4.92. The molecule has 0 saturated carbocycles. The summed E-state index contributed by atoms with van der Waals surface area (Å²) in [5.41, 5.74) is 4.97. The molecule has 0 radical (unpaired) electrons. The third kappa shape index (κ3) is 2.74. The van der Waals surface area contributed by atoms with Crippen LogP contribution in [-0.4, -0.2) is 33.7 Å². The van der Waals surface area contributed by atoms with Crippen LogP contribution in [0.2, 0.25) is 0 Å². The quantitative estimate of drug-likeness (QED) is 0.682. The van der Waals surface area contributed by atoms with Crippen LogP contribution in [0.4, 0.5) is 0 Å². The number of hydrogen-bond acceptors (Lipinski definition) is 7. The summed E-state index contributed by atoms with van der Waals surface area (Å²) < 4.78 is 10.9. The van der Waals surface area contributed by atoms with Crippen molar-refractivity contribution in [3.63, 3.8) is 0 Å². The number of pyridine rings is 1. The van der Waals surface area contributed by atoms with Gasteiger partial charge in [0.15, 0.2) is 0 Å². The summed E-state index contributed by atoms with van der Waals surface area (Å²) in [6.07, 6.45) is 1.55. The zero-order valence-corrected chi connectivity index (χ0v) is 12.6. The summed E-state index contributed by atoms with van der Waals surface area (Å²) in [6.45, 7) is -0.0303. The number of aromatic nitrogens is 3. The monoisotopic (exact) mass is 328 g/mol. The SMILES string of the molecule is COC(=O)c1ccc2ccn(Cc3nc(C(N)=O)no3)c(=O)c2c1. The molecular weight excluding hydrogens is 316 g/mol. The summed E-state index contributed by atoms with van der Waals surface area (Å²) >= 11 is 0. The summed E-state index contributed by atoms with van der Waals surface area (Å²) in [4.78, 5) is 38.9. The van der Waals surface area contributed by atoms with Gasteiger partial charge in [0, 0.05) is 11.6 Å². The van der Waals surface area contributed by atoms with E-state index >= 15 is 0 Å². The molecule has 122 valence electrons. The molecule has 2 N–H and O–H groups in total. The molecule has 0 spiro atoms. The van der Waals surface area contributed by atoms with Gasteiger partial charge in [0.1, 0.15) is 6.54 Å². The fraction of sp³-hybridized carbons (Fsp3) is 0.133. The number of carbonyl (C=O) groups is 2. The predicted molar refractivity (Wildman–Crippen MR) is 81.5 cm³/mol. The first-order valence-electron chi connectivity index (χ1n) is 6.83. The molecule has 2 heterocycles. The average Bonchev–Trinajstić information content (AvgIpc) is 3.05. The number of esters is 1. The van der Waals surface area contributed by atoms with Crippen molar-refractivity contribution in [3.05, 3.63) is 58.1 Å². The van der Waals surface area contributed by atoms with E-state index in [1.165, 1.54) is 17.7 Å². The van der Waals surface area contributed by atoms with Gasteiger partial charge in [-0.25, -0.2) is 4.79 Å². The smallest absolute Gasteiger partial charge is 0.337 e. The van der Waals surface area contributed by atoms with E-state index in [2.05, 4.69) is 14.9 Å². The second kappa shape index (κ2) is 5.95. The van der Waals surface area contributed by atoms with E-state index in [9.17, 15) is 14.4 Å². The molecule has 0 bridgehead atoms. The Balaban J connectivity index is 2.02. The summed E-state index contributed by atoms with van der Waals surface area (Å²) in [5, 5.41) is 4.43. The standard InChI is InChI=1S/C15H12N4O5/c1-23-15(22)9-3-2-8-4-5-19(14(21)10(8)6-9)7-11-17-13(12(16)20)18-24-11/h2-6H,7H2,1H3,(H2,16,20). The van der Waals surface area contributed by atoms with E-state index < -0.39 is 11.9 Å². The molecule has 3 rings (SSSR count). The van der Waals surface area contributed by atoms with Crippen LogP contribution in [0, 0.1) is 0 Å². The van der Waals surface area contributed by atoms with Gasteiger partial charge in [0.2, 0.25) is 5.89 Å². The fourth-order valence-electron chi connectivity index (χ4n) is 2.21. The molecule has 0 aliphatic heterocycles. The Morgan fingerprint density at radius 2 is 2.12 bits per heavy atom. The fourth-order valence-corrected chi connectivity index (χ4v) is 2.21. The zero-order chi connectivity index (χ0) is 17.3. The summed E-state index contributed by atoms with van der Waals surface area (Å²) in [6, 6.07) is 6.41. The maximum Gasteiger partial charge on any atom is 0.337 e. The topological polar surface area (TPSA) is 130 Å². The van der Waals surface area contributed by atoms with Crippen molar-refractivity contribution in [3.8, 4) is 0 Å². The molecule has 0 unspecified atom stereocenters. The number of rotatable bonds is 4. The van der Waals surface area contributed by atoms with Gasteiger partial charge in [-0.3, -0.25) is 9.59 Å². The molecule has 1 amide bonds. The van der Waals surface area contributed by atoms with E-state index in [0.29, 0.717) is 10.8 Å². The van der Waals surface area contributed by atoms with Crippen LogP contribution in [0.1, 0.15) is 26.9 Å². The lowest BCUT2D eigenvalue weighted by molar-refractivity contribution is 0.0600. The number of amides is 1. The Morgan fingerprint density at radius 1 is 1.33 bits per heavy atom. The Bertz CT molecular complexity index is 1000. The molecular formula is C15H12N4O5. The Kier molecular flexibility index (Phi) is 3.82. The van der Waals surface area contributed by atoms with Gasteiger partial charge in [0.25, 0.3) is 17.3 Å². The lowest BCUT2D eigenvalue weighted by Crippen LogP contribution is -2.20. The lowest BCUT2D eigenvalue weighted by Gasteiger charge is -2.06. The predicted octanol–water partition coefficient (Wildman–Crippen LogP) is 0.318. The van der Waals surface area contributed by atoms with Gasteiger partial charge in [-0.1, -0.05) is 11.2 Å². The molecule has 1 aromatic carbocycles. The Labute approximate surface area is 134 Å². The van der Waals surface area contributed by atoms with Crippen LogP contribution in [-0.2, 0) is 11.3 Å². The van der Waals surface area contributed by atoms with Crippen molar-refractivity contribution in [2.75, 3.05) is 7.11 Å². The van der Waals surface area contributed by atoms with Crippen molar-refractivity contribution in [1.29, 1.82) is 0 Å². The molecule has 0 fully saturated rings. The van der Waals surface area contributed by atoms with Crippen LogP contribution < -0.4 is 11.3 Å². The molecule has 9 nitrogen and oxygen atoms in total. The molecule has 9 heteroatoms. The minimum Gasteiger partial charge on any atom is -0.465 e. The number of ether oxygens (including phenoxy) is 1. The number of carbonyl (C=O) groups excluding carboxylic acids is 2. The molecule has 0 aliphatic carbocycles. The number of nitrogens with zero attached hydrogens (tertiary/aromatic N) is 3. The molecule has 2 aromatic heterocycles. The first-order chi connectivity index (χ1) is 11.5. The highest BCUT2D eigenvalue weighted by molar-refractivity contribution is 5.95. The third-order valence-electron chi connectivity index (χ3n) is 3.39. The first-order valence-corrected chi connectivity index (χ1v) is 6.83. The van der Waals surface area contributed by atoms with Crippen LogP contribution in [0.25, 0.3) is 10.8 Å². The van der Waals surface area contributed by atoms with Crippen LogP contribution >= 0.6 is 0 Å². The van der Waals surface area contributed by atoms with E-state index in [1.54, 1.807) is 24.4 Å². The number of benzene rings is 1. The average molecular weight is 328 g/mol. The number of fused-ring (bicyclic) bond motifs is 1. The minimum absolute atomic E-state index is 0.0303. The zero-order valence-electron chi connectivity index (χ0n) is 12.6. The van der Waals surface area contributed by atoms with Gasteiger partial charge in [0.05, 0.1) is 12.7 Å².